The molecule has 0 amide bonds. The van der Waals surface area contributed by atoms with Gasteiger partial charge in [0.15, 0.2) is 11.6 Å². The Morgan fingerprint density at radius 2 is 1.86 bits per heavy atom. The molecule has 0 atom stereocenters. The summed E-state index contributed by atoms with van der Waals surface area (Å²) in [4.78, 5) is 0. The number of aromatic hydroxyl groups is 1. The largest absolute Gasteiger partial charge is 0.505 e. The molecule has 1 aliphatic rings. The Hall–Kier alpha value is -1.16. The van der Waals surface area contributed by atoms with E-state index < -0.39 is 23.0 Å². The van der Waals surface area contributed by atoms with Gasteiger partial charge < -0.3 is 10.2 Å². The number of benzene rings is 1. The fourth-order valence-corrected chi connectivity index (χ4v) is 1.39. The molecule has 2 N–H and O–H groups in total. The topological polar surface area (TPSA) is 40.5 Å². The van der Waals surface area contributed by atoms with Crippen LogP contribution in [0.1, 0.15) is 18.4 Å². The van der Waals surface area contributed by atoms with Crippen LogP contribution in [0.2, 0.25) is 0 Å². The van der Waals surface area contributed by atoms with E-state index in [0.717, 1.165) is 12.1 Å². The van der Waals surface area contributed by atoms with Gasteiger partial charge in [0.05, 0.1) is 5.60 Å². The van der Waals surface area contributed by atoms with Crippen LogP contribution in [-0.4, -0.2) is 15.8 Å². The van der Waals surface area contributed by atoms with Gasteiger partial charge in [0, 0.05) is 12.5 Å². The van der Waals surface area contributed by atoms with Gasteiger partial charge in [-0.3, -0.25) is 0 Å². The Morgan fingerprint density at radius 3 is 2.43 bits per heavy atom. The number of rotatable bonds is 2. The van der Waals surface area contributed by atoms with Crippen LogP contribution in [0.15, 0.2) is 12.1 Å². The lowest BCUT2D eigenvalue weighted by molar-refractivity contribution is 0.149. The average Bonchev–Trinajstić information content (AvgIpc) is 2.80. The smallest absolute Gasteiger partial charge is 0.165 e. The third-order valence-corrected chi connectivity index (χ3v) is 2.46. The van der Waals surface area contributed by atoms with E-state index in [1.54, 1.807) is 0 Å². The second kappa shape index (κ2) is 2.92. The van der Waals surface area contributed by atoms with Gasteiger partial charge in [-0.25, -0.2) is 8.78 Å². The van der Waals surface area contributed by atoms with Gasteiger partial charge in [-0.1, -0.05) is 0 Å². The third kappa shape index (κ3) is 1.70. The predicted octanol–water partition coefficient (Wildman–Crippen LogP) is 1.74. The summed E-state index contributed by atoms with van der Waals surface area (Å²) in [5.41, 5.74) is -0.746. The molecule has 76 valence electrons. The Kier molecular flexibility index (Phi) is 1.96. The maximum Gasteiger partial charge on any atom is 0.165 e. The molecule has 0 aliphatic heterocycles. The van der Waals surface area contributed by atoms with Crippen LogP contribution in [0, 0.1) is 11.6 Å². The minimum Gasteiger partial charge on any atom is -0.505 e. The van der Waals surface area contributed by atoms with Crippen LogP contribution in [0.3, 0.4) is 0 Å². The van der Waals surface area contributed by atoms with E-state index in [4.69, 9.17) is 5.11 Å². The molecule has 2 nitrogen and oxygen atoms in total. The van der Waals surface area contributed by atoms with E-state index in [-0.39, 0.29) is 12.0 Å². The van der Waals surface area contributed by atoms with Gasteiger partial charge in [-0.15, -0.1) is 0 Å². The molecule has 0 bridgehead atoms. The number of hydrogen-bond acceptors (Lipinski definition) is 2. The normalized spacial score (nSPS) is 18.2. The van der Waals surface area contributed by atoms with Gasteiger partial charge in [0.25, 0.3) is 0 Å². The first-order chi connectivity index (χ1) is 6.50. The number of phenolic OH excluding ortho intramolecular Hbond substituents is 1. The van der Waals surface area contributed by atoms with Crippen LogP contribution in [0.4, 0.5) is 8.78 Å². The van der Waals surface area contributed by atoms with E-state index in [1.807, 2.05) is 0 Å². The molecule has 14 heavy (non-hydrogen) atoms. The minimum atomic E-state index is -0.857. The maximum absolute atomic E-state index is 13.2. The third-order valence-electron chi connectivity index (χ3n) is 2.46. The monoisotopic (exact) mass is 200 g/mol. The molecule has 2 rings (SSSR count). The van der Waals surface area contributed by atoms with Gasteiger partial charge in [-0.2, -0.15) is 0 Å². The van der Waals surface area contributed by atoms with Crippen molar-refractivity contribution in [1.82, 2.24) is 0 Å². The molecule has 1 aromatic rings. The number of phenols is 1. The Bertz CT molecular complexity index is 373. The molecule has 0 unspecified atom stereocenters. The van der Waals surface area contributed by atoms with Crippen molar-refractivity contribution in [3.05, 3.63) is 29.3 Å². The second-order valence-corrected chi connectivity index (χ2v) is 3.80. The van der Waals surface area contributed by atoms with Crippen molar-refractivity contribution < 1.29 is 19.0 Å². The lowest BCUT2D eigenvalue weighted by Gasteiger charge is -2.08. The fraction of sp³-hybridized carbons (Fsp3) is 0.400. The molecule has 0 spiro atoms. The highest BCUT2D eigenvalue weighted by Gasteiger charge is 2.40. The lowest BCUT2D eigenvalue weighted by Crippen LogP contribution is -2.12. The molecular weight excluding hydrogens is 190 g/mol. The summed E-state index contributed by atoms with van der Waals surface area (Å²) in [5, 5.41) is 18.4. The van der Waals surface area contributed by atoms with Crippen molar-refractivity contribution >= 4 is 0 Å². The van der Waals surface area contributed by atoms with E-state index >= 15 is 0 Å². The van der Waals surface area contributed by atoms with Crippen LogP contribution in [-0.2, 0) is 6.42 Å². The van der Waals surface area contributed by atoms with Crippen LogP contribution in [0.5, 0.6) is 5.75 Å². The van der Waals surface area contributed by atoms with E-state index in [1.165, 1.54) is 0 Å². The zero-order valence-electron chi connectivity index (χ0n) is 7.43. The summed E-state index contributed by atoms with van der Waals surface area (Å²) in [7, 11) is 0. The molecule has 1 saturated carbocycles. The molecule has 0 radical (unpaired) electrons. The number of hydrogen-bond donors (Lipinski definition) is 2. The molecule has 0 heterocycles. The number of halogens is 2. The molecule has 0 aromatic heterocycles. The maximum atomic E-state index is 13.2. The summed E-state index contributed by atoms with van der Waals surface area (Å²) in [6, 6.07) is 1.66. The summed E-state index contributed by atoms with van der Waals surface area (Å²) in [6.45, 7) is 0. The fourth-order valence-electron chi connectivity index (χ4n) is 1.39. The van der Waals surface area contributed by atoms with E-state index in [9.17, 15) is 13.9 Å². The van der Waals surface area contributed by atoms with E-state index in [2.05, 4.69) is 0 Å². The van der Waals surface area contributed by atoms with Crippen LogP contribution >= 0.6 is 0 Å². The van der Waals surface area contributed by atoms with Gasteiger partial charge in [-0.05, 0) is 24.5 Å². The summed E-state index contributed by atoms with van der Waals surface area (Å²) < 4.78 is 26.0. The van der Waals surface area contributed by atoms with Crippen molar-refractivity contribution in [2.24, 2.45) is 0 Å². The summed E-state index contributed by atoms with van der Waals surface area (Å²) in [6.07, 6.45) is 1.35. The van der Waals surface area contributed by atoms with Crippen LogP contribution < -0.4 is 0 Å². The van der Waals surface area contributed by atoms with Crippen molar-refractivity contribution in [3.8, 4) is 5.75 Å². The lowest BCUT2D eigenvalue weighted by atomic mass is 10.1. The minimum absolute atomic E-state index is 0.107. The standard InChI is InChI=1S/C10H10F2O2/c11-7-4-9(13)8(12)3-6(7)5-10(14)1-2-10/h3-4,13-14H,1-2,5H2. The van der Waals surface area contributed by atoms with Crippen molar-refractivity contribution in [3.63, 3.8) is 0 Å². The summed E-state index contributed by atoms with van der Waals surface area (Å²) >= 11 is 0. The first-order valence-corrected chi connectivity index (χ1v) is 4.39. The first-order valence-electron chi connectivity index (χ1n) is 4.39. The second-order valence-electron chi connectivity index (χ2n) is 3.80. The van der Waals surface area contributed by atoms with Gasteiger partial charge >= 0.3 is 0 Å². The Morgan fingerprint density at radius 1 is 1.21 bits per heavy atom. The van der Waals surface area contributed by atoms with E-state index in [0.29, 0.717) is 12.8 Å². The molecule has 1 aliphatic carbocycles. The molecule has 0 saturated heterocycles. The number of aliphatic hydroxyl groups is 1. The molecule has 1 fully saturated rings. The molecule has 4 heteroatoms. The zero-order valence-corrected chi connectivity index (χ0v) is 7.43. The first kappa shape index (κ1) is 9.40. The van der Waals surface area contributed by atoms with Crippen LogP contribution in [0.25, 0.3) is 0 Å². The Labute approximate surface area is 79.8 Å². The SMILES string of the molecule is Oc1cc(F)c(CC2(O)CC2)cc1F. The Balaban J connectivity index is 2.29. The van der Waals surface area contributed by atoms with Gasteiger partial charge in [0.2, 0.25) is 0 Å². The van der Waals surface area contributed by atoms with Gasteiger partial charge in [0.1, 0.15) is 5.82 Å². The highest BCUT2D eigenvalue weighted by molar-refractivity contribution is 5.31. The highest BCUT2D eigenvalue weighted by Crippen LogP contribution is 2.39. The average molecular weight is 200 g/mol. The summed E-state index contributed by atoms with van der Waals surface area (Å²) in [5.74, 6) is -2.23. The van der Waals surface area contributed by atoms with Crippen molar-refractivity contribution in [2.45, 2.75) is 24.9 Å². The zero-order chi connectivity index (χ0) is 10.3. The molecular formula is C10H10F2O2. The van der Waals surface area contributed by atoms with Crippen molar-refractivity contribution in [2.75, 3.05) is 0 Å². The predicted molar refractivity (Wildman–Crippen MR) is 45.9 cm³/mol. The van der Waals surface area contributed by atoms with Crippen molar-refractivity contribution in [1.29, 1.82) is 0 Å². The highest BCUT2D eigenvalue weighted by atomic mass is 19.1. The quantitative estimate of drug-likeness (QED) is 0.763. The molecule has 1 aromatic carbocycles.